The molecule has 0 fully saturated rings. The van der Waals surface area contributed by atoms with E-state index in [1.807, 2.05) is 30.3 Å². The summed E-state index contributed by atoms with van der Waals surface area (Å²) in [6.07, 6.45) is 4.97. The lowest BCUT2D eigenvalue weighted by Gasteiger charge is -2.09. The smallest absolute Gasteiger partial charge is 0.413 e. The van der Waals surface area contributed by atoms with Gasteiger partial charge in [-0.05, 0) is 43.2 Å². The number of rotatable bonds is 5. The zero-order valence-corrected chi connectivity index (χ0v) is 16.7. The van der Waals surface area contributed by atoms with E-state index < -0.39 is 12.0 Å². The van der Waals surface area contributed by atoms with Crippen LogP contribution in [0.1, 0.15) is 52.0 Å². The SMILES string of the molecule is COC(=O)NC(=O)c1c(NC(=O)CCc2ccccc2)sc2c1CCCCC2. The van der Waals surface area contributed by atoms with E-state index in [-0.39, 0.29) is 5.91 Å². The zero-order chi connectivity index (χ0) is 19.9. The minimum absolute atomic E-state index is 0.146. The fourth-order valence-corrected chi connectivity index (χ4v) is 4.67. The van der Waals surface area contributed by atoms with Gasteiger partial charge >= 0.3 is 6.09 Å². The van der Waals surface area contributed by atoms with Crippen LogP contribution in [-0.4, -0.2) is 25.0 Å². The Bertz CT molecular complexity index is 861. The van der Waals surface area contributed by atoms with Crippen LogP contribution in [0.2, 0.25) is 0 Å². The van der Waals surface area contributed by atoms with Gasteiger partial charge in [0.25, 0.3) is 5.91 Å². The molecule has 2 N–H and O–H groups in total. The first-order valence-corrected chi connectivity index (χ1v) is 10.3. The monoisotopic (exact) mass is 400 g/mol. The highest BCUT2D eigenvalue weighted by molar-refractivity contribution is 7.17. The lowest BCUT2D eigenvalue weighted by molar-refractivity contribution is -0.116. The molecule has 0 unspecified atom stereocenters. The minimum Gasteiger partial charge on any atom is -0.453 e. The van der Waals surface area contributed by atoms with Crippen molar-refractivity contribution < 1.29 is 19.1 Å². The summed E-state index contributed by atoms with van der Waals surface area (Å²) in [5.41, 5.74) is 2.44. The first-order valence-electron chi connectivity index (χ1n) is 9.46. The molecule has 148 valence electrons. The summed E-state index contributed by atoms with van der Waals surface area (Å²) in [7, 11) is 1.21. The number of thiophene rings is 1. The molecule has 28 heavy (non-hydrogen) atoms. The number of carbonyl (C=O) groups excluding carboxylic acids is 3. The number of methoxy groups -OCH3 is 1. The molecule has 1 aliphatic carbocycles. The summed E-state index contributed by atoms with van der Waals surface area (Å²) >= 11 is 1.44. The predicted octanol–water partition coefficient (Wildman–Crippen LogP) is 4.08. The minimum atomic E-state index is -0.806. The average molecular weight is 401 g/mol. The van der Waals surface area contributed by atoms with Gasteiger partial charge in [0.1, 0.15) is 5.00 Å². The Hall–Kier alpha value is -2.67. The third-order valence-corrected chi connectivity index (χ3v) is 5.99. The quantitative estimate of drug-likeness (QED) is 0.741. The van der Waals surface area contributed by atoms with Crippen molar-refractivity contribution in [1.82, 2.24) is 5.32 Å². The number of imide groups is 1. The van der Waals surface area contributed by atoms with Gasteiger partial charge in [0, 0.05) is 11.3 Å². The van der Waals surface area contributed by atoms with Crippen LogP contribution in [0.4, 0.5) is 9.80 Å². The molecule has 0 spiro atoms. The number of fused-ring (bicyclic) bond motifs is 1. The van der Waals surface area contributed by atoms with E-state index in [1.54, 1.807) is 0 Å². The Balaban J connectivity index is 1.78. The number of anilines is 1. The lowest BCUT2D eigenvalue weighted by atomic mass is 10.0. The van der Waals surface area contributed by atoms with Gasteiger partial charge in [-0.25, -0.2) is 4.79 Å². The molecule has 1 aromatic carbocycles. The standard InChI is InChI=1S/C21H24N2O4S/c1-27-21(26)23-19(25)18-15-10-6-3-7-11-16(15)28-20(18)22-17(24)13-12-14-8-4-2-5-9-14/h2,4-5,8-9H,3,6-7,10-13H2,1H3,(H,22,24)(H,23,25,26). The van der Waals surface area contributed by atoms with E-state index in [0.29, 0.717) is 23.4 Å². The molecule has 1 aliphatic rings. The van der Waals surface area contributed by atoms with Crippen molar-refractivity contribution in [2.24, 2.45) is 0 Å². The van der Waals surface area contributed by atoms with Crippen LogP contribution in [0.25, 0.3) is 0 Å². The molecule has 2 aromatic rings. The molecule has 6 nitrogen and oxygen atoms in total. The Morgan fingerprint density at radius 3 is 2.57 bits per heavy atom. The molecule has 0 saturated heterocycles. The number of hydrogen-bond acceptors (Lipinski definition) is 5. The Morgan fingerprint density at radius 2 is 1.82 bits per heavy atom. The van der Waals surface area contributed by atoms with E-state index in [9.17, 15) is 14.4 Å². The summed E-state index contributed by atoms with van der Waals surface area (Å²) in [6, 6.07) is 9.79. The van der Waals surface area contributed by atoms with Crippen molar-refractivity contribution >= 4 is 34.2 Å². The second-order valence-electron chi connectivity index (χ2n) is 6.75. The molecule has 3 amide bonds. The van der Waals surface area contributed by atoms with Crippen LogP contribution in [0.5, 0.6) is 0 Å². The molecular weight excluding hydrogens is 376 g/mol. The Morgan fingerprint density at radius 1 is 1.07 bits per heavy atom. The Kier molecular flexibility index (Phi) is 6.81. The number of amides is 3. The van der Waals surface area contributed by atoms with Crippen LogP contribution in [0, 0.1) is 0 Å². The second kappa shape index (κ2) is 9.50. The molecule has 7 heteroatoms. The average Bonchev–Trinajstić information content (AvgIpc) is 2.87. The summed E-state index contributed by atoms with van der Waals surface area (Å²) in [5.74, 6) is -0.669. The van der Waals surface area contributed by atoms with Gasteiger partial charge in [-0.1, -0.05) is 36.8 Å². The molecular formula is C21H24N2O4S. The maximum absolute atomic E-state index is 12.7. The normalized spacial score (nSPS) is 13.2. The van der Waals surface area contributed by atoms with Crippen molar-refractivity contribution in [2.45, 2.75) is 44.9 Å². The molecule has 0 aliphatic heterocycles. The fraction of sp³-hybridized carbons (Fsp3) is 0.381. The summed E-state index contributed by atoms with van der Waals surface area (Å²) < 4.78 is 4.54. The van der Waals surface area contributed by atoms with E-state index in [1.165, 1.54) is 18.4 Å². The van der Waals surface area contributed by atoms with E-state index >= 15 is 0 Å². The van der Waals surface area contributed by atoms with Crippen LogP contribution in [0.3, 0.4) is 0 Å². The third-order valence-electron chi connectivity index (χ3n) is 4.79. The summed E-state index contributed by atoms with van der Waals surface area (Å²) in [4.78, 5) is 37.8. The first-order chi connectivity index (χ1) is 13.6. The third kappa shape index (κ3) is 4.98. The number of hydrogen-bond donors (Lipinski definition) is 2. The topological polar surface area (TPSA) is 84.5 Å². The summed E-state index contributed by atoms with van der Waals surface area (Å²) in [6.45, 7) is 0. The predicted molar refractivity (Wildman–Crippen MR) is 109 cm³/mol. The number of carbonyl (C=O) groups is 3. The van der Waals surface area contributed by atoms with Gasteiger partial charge in [0.05, 0.1) is 12.7 Å². The van der Waals surface area contributed by atoms with Gasteiger partial charge in [-0.2, -0.15) is 0 Å². The maximum Gasteiger partial charge on any atom is 0.413 e. The van der Waals surface area contributed by atoms with Gasteiger partial charge in [-0.15, -0.1) is 11.3 Å². The van der Waals surface area contributed by atoms with Crippen LogP contribution < -0.4 is 10.6 Å². The highest BCUT2D eigenvalue weighted by Gasteiger charge is 2.26. The lowest BCUT2D eigenvalue weighted by Crippen LogP contribution is -2.31. The largest absolute Gasteiger partial charge is 0.453 e. The van der Waals surface area contributed by atoms with Crippen molar-refractivity contribution in [3.63, 3.8) is 0 Å². The van der Waals surface area contributed by atoms with E-state index in [4.69, 9.17) is 0 Å². The molecule has 1 aromatic heterocycles. The number of benzene rings is 1. The fourth-order valence-electron chi connectivity index (χ4n) is 3.37. The molecule has 1 heterocycles. The van der Waals surface area contributed by atoms with Gasteiger partial charge < -0.3 is 10.1 Å². The summed E-state index contributed by atoms with van der Waals surface area (Å²) in [5, 5.41) is 5.65. The highest BCUT2D eigenvalue weighted by Crippen LogP contribution is 2.37. The second-order valence-corrected chi connectivity index (χ2v) is 7.85. The molecule has 3 rings (SSSR count). The number of aryl methyl sites for hydroxylation is 2. The molecule has 0 atom stereocenters. The van der Waals surface area contributed by atoms with Crippen molar-refractivity contribution in [2.75, 3.05) is 12.4 Å². The van der Waals surface area contributed by atoms with Gasteiger partial charge in [0.15, 0.2) is 0 Å². The van der Waals surface area contributed by atoms with Crippen molar-refractivity contribution in [3.8, 4) is 0 Å². The van der Waals surface area contributed by atoms with E-state index in [2.05, 4.69) is 15.4 Å². The molecule has 0 radical (unpaired) electrons. The van der Waals surface area contributed by atoms with Crippen LogP contribution >= 0.6 is 11.3 Å². The molecule has 0 saturated carbocycles. The van der Waals surface area contributed by atoms with Crippen LogP contribution in [-0.2, 0) is 28.8 Å². The maximum atomic E-state index is 12.7. The first kappa shape index (κ1) is 20.1. The van der Waals surface area contributed by atoms with Crippen molar-refractivity contribution in [1.29, 1.82) is 0 Å². The van der Waals surface area contributed by atoms with Crippen LogP contribution in [0.15, 0.2) is 30.3 Å². The van der Waals surface area contributed by atoms with Gasteiger partial charge in [-0.3, -0.25) is 14.9 Å². The highest BCUT2D eigenvalue weighted by atomic mass is 32.1. The Labute approximate surface area is 168 Å². The van der Waals surface area contributed by atoms with Gasteiger partial charge in [0.2, 0.25) is 5.91 Å². The van der Waals surface area contributed by atoms with E-state index in [0.717, 1.165) is 48.1 Å². The molecule has 0 bridgehead atoms. The zero-order valence-electron chi connectivity index (χ0n) is 15.9. The van der Waals surface area contributed by atoms with Crippen molar-refractivity contribution in [3.05, 3.63) is 51.9 Å². The number of nitrogens with one attached hydrogen (secondary N) is 2. The number of ether oxygens (including phenoxy) is 1. The number of alkyl carbamates (subject to hydrolysis) is 1.